The number of terminal acetylenes is 1. The molecule has 2 nitrogen and oxygen atoms in total. The van der Waals surface area contributed by atoms with Gasteiger partial charge in [-0.05, 0) is 48.7 Å². The van der Waals surface area contributed by atoms with Crippen LogP contribution in [0.15, 0.2) is 11.6 Å². The van der Waals surface area contributed by atoms with E-state index in [-0.39, 0.29) is 22.0 Å². The van der Waals surface area contributed by atoms with Crippen LogP contribution in [0.4, 0.5) is 0 Å². The quantitative estimate of drug-likeness (QED) is 0.636. The summed E-state index contributed by atoms with van der Waals surface area (Å²) in [5, 5.41) is 0. The summed E-state index contributed by atoms with van der Waals surface area (Å²) in [7, 11) is 0. The van der Waals surface area contributed by atoms with E-state index in [1.807, 2.05) is 6.08 Å². The number of carbonyl (C=O) groups excluding carboxylic acids is 2. The minimum Gasteiger partial charge on any atom is -0.299 e. The second-order valence-electron chi connectivity index (χ2n) is 7.90. The standard InChI is InChI=1S/C19H24O2/c1-5-19-10-6-13(20)12-15(19)18(4)9-8-16(21)17(2,3)14(18)7-11-19/h1,12,14H,6-11H2,2-4H3. The van der Waals surface area contributed by atoms with Gasteiger partial charge in [0.05, 0.1) is 5.41 Å². The lowest BCUT2D eigenvalue weighted by Crippen LogP contribution is -2.54. The Hall–Kier alpha value is -1.36. The van der Waals surface area contributed by atoms with Gasteiger partial charge < -0.3 is 0 Å². The Labute approximate surface area is 127 Å². The number of Topliss-reactive ketones (excluding diaryl/α,β-unsaturated/α-hetero) is 1. The molecule has 2 heteroatoms. The summed E-state index contributed by atoms with van der Waals surface area (Å²) in [6, 6.07) is 0. The third-order valence-electron chi connectivity index (χ3n) is 6.60. The number of hydrogen-bond donors (Lipinski definition) is 0. The van der Waals surface area contributed by atoms with Crippen LogP contribution >= 0.6 is 0 Å². The fraction of sp³-hybridized carbons (Fsp3) is 0.684. The summed E-state index contributed by atoms with van der Waals surface area (Å²) in [5.74, 6) is 3.89. The summed E-state index contributed by atoms with van der Waals surface area (Å²) >= 11 is 0. The summed E-state index contributed by atoms with van der Waals surface area (Å²) in [6.07, 6.45) is 12.4. The van der Waals surface area contributed by atoms with Crippen molar-refractivity contribution in [3.63, 3.8) is 0 Å². The Kier molecular flexibility index (Phi) is 3.00. The highest BCUT2D eigenvalue weighted by molar-refractivity contribution is 5.92. The minimum absolute atomic E-state index is 0.0991. The van der Waals surface area contributed by atoms with Gasteiger partial charge in [-0.1, -0.05) is 26.7 Å². The van der Waals surface area contributed by atoms with Crippen molar-refractivity contribution < 1.29 is 9.59 Å². The molecule has 21 heavy (non-hydrogen) atoms. The van der Waals surface area contributed by atoms with Crippen molar-refractivity contribution in [3.05, 3.63) is 11.6 Å². The Morgan fingerprint density at radius 1 is 1.14 bits per heavy atom. The van der Waals surface area contributed by atoms with E-state index >= 15 is 0 Å². The van der Waals surface area contributed by atoms with Crippen LogP contribution in [-0.2, 0) is 9.59 Å². The molecule has 112 valence electrons. The van der Waals surface area contributed by atoms with Crippen LogP contribution in [0.2, 0.25) is 0 Å². The molecule has 3 aliphatic rings. The number of fused-ring (bicyclic) bond motifs is 3. The number of ketones is 2. The maximum absolute atomic E-state index is 12.4. The Morgan fingerprint density at radius 3 is 2.52 bits per heavy atom. The Morgan fingerprint density at radius 2 is 1.86 bits per heavy atom. The average molecular weight is 284 g/mol. The zero-order valence-corrected chi connectivity index (χ0v) is 13.3. The summed E-state index contributed by atoms with van der Waals surface area (Å²) in [5.41, 5.74) is 0.508. The molecule has 0 aromatic rings. The van der Waals surface area contributed by atoms with Crippen LogP contribution < -0.4 is 0 Å². The maximum atomic E-state index is 12.4. The van der Waals surface area contributed by atoms with Crippen molar-refractivity contribution in [2.75, 3.05) is 0 Å². The fourth-order valence-electron chi connectivity index (χ4n) is 5.29. The molecule has 0 saturated heterocycles. The summed E-state index contributed by atoms with van der Waals surface area (Å²) in [4.78, 5) is 24.4. The van der Waals surface area contributed by atoms with Gasteiger partial charge in [-0.3, -0.25) is 9.59 Å². The van der Waals surface area contributed by atoms with E-state index in [9.17, 15) is 9.59 Å². The van der Waals surface area contributed by atoms with Crippen molar-refractivity contribution in [1.29, 1.82) is 0 Å². The van der Waals surface area contributed by atoms with E-state index in [1.165, 1.54) is 0 Å². The van der Waals surface area contributed by atoms with Crippen molar-refractivity contribution in [1.82, 2.24) is 0 Å². The topological polar surface area (TPSA) is 34.1 Å². The molecule has 0 bridgehead atoms. The van der Waals surface area contributed by atoms with Crippen LogP contribution in [0.3, 0.4) is 0 Å². The van der Waals surface area contributed by atoms with Crippen molar-refractivity contribution in [2.24, 2.45) is 22.2 Å². The van der Waals surface area contributed by atoms with E-state index < -0.39 is 0 Å². The summed E-state index contributed by atoms with van der Waals surface area (Å²) in [6.45, 7) is 6.39. The molecule has 0 spiro atoms. The molecule has 2 fully saturated rings. The van der Waals surface area contributed by atoms with Crippen molar-refractivity contribution >= 4 is 11.6 Å². The van der Waals surface area contributed by atoms with Gasteiger partial charge in [0, 0.05) is 18.3 Å². The molecule has 3 rings (SSSR count). The lowest BCUT2D eigenvalue weighted by Gasteiger charge is -2.59. The van der Waals surface area contributed by atoms with Gasteiger partial charge in [0.15, 0.2) is 5.78 Å². The first-order chi connectivity index (χ1) is 9.76. The van der Waals surface area contributed by atoms with Gasteiger partial charge in [0.25, 0.3) is 0 Å². The predicted molar refractivity (Wildman–Crippen MR) is 82.4 cm³/mol. The molecule has 0 amide bonds. The largest absolute Gasteiger partial charge is 0.299 e. The van der Waals surface area contributed by atoms with Crippen molar-refractivity contribution in [2.45, 2.75) is 59.3 Å². The van der Waals surface area contributed by atoms with Gasteiger partial charge in [0.1, 0.15) is 5.78 Å². The number of carbonyl (C=O) groups is 2. The number of allylic oxidation sites excluding steroid dienone is 2. The molecule has 3 aliphatic carbocycles. The van der Waals surface area contributed by atoms with Crippen LogP contribution in [0, 0.1) is 34.5 Å². The molecule has 3 atom stereocenters. The van der Waals surface area contributed by atoms with Gasteiger partial charge >= 0.3 is 0 Å². The van der Waals surface area contributed by atoms with E-state index in [1.54, 1.807) is 0 Å². The van der Waals surface area contributed by atoms with E-state index in [0.717, 1.165) is 31.3 Å². The molecular formula is C19H24O2. The van der Waals surface area contributed by atoms with Gasteiger partial charge in [-0.25, -0.2) is 0 Å². The molecule has 0 aromatic carbocycles. The first-order valence-corrected chi connectivity index (χ1v) is 8.03. The van der Waals surface area contributed by atoms with E-state index in [4.69, 9.17) is 6.42 Å². The number of hydrogen-bond acceptors (Lipinski definition) is 2. The van der Waals surface area contributed by atoms with Crippen LogP contribution in [0.1, 0.15) is 59.3 Å². The Bertz CT molecular complexity index is 589. The average Bonchev–Trinajstić information content (AvgIpc) is 2.44. The van der Waals surface area contributed by atoms with Crippen LogP contribution in [0.5, 0.6) is 0 Å². The van der Waals surface area contributed by atoms with Crippen LogP contribution in [-0.4, -0.2) is 11.6 Å². The normalized spacial score (nSPS) is 41.6. The molecule has 0 N–H and O–H groups in total. The second kappa shape index (κ2) is 4.32. The zero-order chi connectivity index (χ0) is 15.5. The Balaban J connectivity index is 2.14. The lowest BCUT2D eigenvalue weighted by molar-refractivity contribution is -0.141. The molecule has 0 heterocycles. The second-order valence-corrected chi connectivity index (χ2v) is 7.90. The van der Waals surface area contributed by atoms with Crippen molar-refractivity contribution in [3.8, 4) is 12.3 Å². The molecular weight excluding hydrogens is 260 g/mol. The molecule has 0 aromatic heterocycles. The third-order valence-corrected chi connectivity index (χ3v) is 6.60. The maximum Gasteiger partial charge on any atom is 0.155 e. The van der Waals surface area contributed by atoms with Gasteiger partial charge in [-0.2, -0.15) is 0 Å². The first-order valence-electron chi connectivity index (χ1n) is 8.03. The predicted octanol–water partition coefficient (Wildman–Crippen LogP) is 3.70. The fourth-order valence-corrected chi connectivity index (χ4v) is 5.29. The highest BCUT2D eigenvalue weighted by Crippen LogP contribution is 2.64. The smallest absolute Gasteiger partial charge is 0.155 e. The van der Waals surface area contributed by atoms with Crippen LogP contribution in [0.25, 0.3) is 0 Å². The van der Waals surface area contributed by atoms with Gasteiger partial charge in [0.2, 0.25) is 0 Å². The minimum atomic E-state index is -0.310. The highest BCUT2D eigenvalue weighted by Gasteiger charge is 2.59. The third kappa shape index (κ3) is 1.79. The van der Waals surface area contributed by atoms with Gasteiger partial charge in [-0.15, -0.1) is 6.42 Å². The highest BCUT2D eigenvalue weighted by atomic mass is 16.1. The zero-order valence-electron chi connectivity index (χ0n) is 13.3. The molecule has 2 saturated carbocycles. The monoisotopic (exact) mass is 284 g/mol. The molecule has 0 aliphatic heterocycles. The van der Waals surface area contributed by atoms with E-state index in [2.05, 4.69) is 26.7 Å². The number of rotatable bonds is 0. The summed E-state index contributed by atoms with van der Waals surface area (Å²) < 4.78 is 0. The lowest BCUT2D eigenvalue weighted by atomic mass is 9.44. The SMILES string of the molecule is C#CC12CCC(=O)C=C1C1(C)CCC(=O)C(C)(C)C1CC2. The first kappa shape index (κ1) is 14.6. The molecule has 0 radical (unpaired) electrons. The molecule has 3 unspecified atom stereocenters. The van der Waals surface area contributed by atoms with E-state index in [0.29, 0.717) is 24.5 Å².